The summed E-state index contributed by atoms with van der Waals surface area (Å²) in [7, 11) is 0. The van der Waals surface area contributed by atoms with Gasteiger partial charge in [-0.25, -0.2) is 0 Å². The molecule has 0 aromatic carbocycles. The molecular formula is C14H23NO5. The second-order valence-electron chi connectivity index (χ2n) is 5.45. The van der Waals surface area contributed by atoms with E-state index in [9.17, 15) is 9.59 Å². The van der Waals surface area contributed by atoms with Crippen LogP contribution >= 0.6 is 0 Å². The number of rotatable bonds is 6. The summed E-state index contributed by atoms with van der Waals surface area (Å²) in [6, 6.07) is 0. The van der Waals surface area contributed by atoms with Crippen molar-refractivity contribution < 1.29 is 24.2 Å². The van der Waals surface area contributed by atoms with Crippen LogP contribution in [-0.4, -0.2) is 60.9 Å². The first-order valence-electron chi connectivity index (χ1n) is 7.36. The van der Waals surface area contributed by atoms with Gasteiger partial charge in [0.15, 0.2) is 0 Å². The number of hydrogen-bond acceptors (Lipinski definition) is 4. The van der Waals surface area contributed by atoms with Crippen LogP contribution in [-0.2, 0) is 19.1 Å². The van der Waals surface area contributed by atoms with E-state index in [0.717, 1.165) is 19.4 Å². The second kappa shape index (κ2) is 7.59. The average Bonchev–Trinajstić information content (AvgIpc) is 2.96. The predicted molar refractivity (Wildman–Crippen MR) is 71.3 cm³/mol. The molecule has 0 bridgehead atoms. The number of piperidine rings is 1. The predicted octanol–water partition coefficient (Wildman–Crippen LogP) is 0.895. The van der Waals surface area contributed by atoms with Gasteiger partial charge in [-0.15, -0.1) is 0 Å². The Morgan fingerprint density at radius 3 is 2.60 bits per heavy atom. The minimum atomic E-state index is -0.753. The lowest BCUT2D eigenvalue weighted by molar-refractivity contribution is -0.146. The van der Waals surface area contributed by atoms with Gasteiger partial charge in [0.05, 0.1) is 31.7 Å². The van der Waals surface area contributed by atoms with Crippen LogP contribution in [0.25, 0.3) is 0 Å². The van der Waals surface area contributed by atoms with Crippen molar-refractivity contribution in [1.29, 1.82) is 0 Å². The van der Waals surface area contributed by atoms with E-state index in [2.05, 4.69) is 0 Å². The molecule has 114 valence electrons. The summed E-state index contributed by atoms with van der Waals surface area (Å²) in [4.78, 5) is 24.5. The molecule has 0 aromatic rings. The Morgan fingerprint density at radius 2 is 2.00 bits per heavy atom. The Labute approximate surface area is 119 Å². The summed E-state index contributed by atoms with van der Waals surface area (Å²) in [6.07, 6.45) is 3.79. The zero-order chi connectivity index (χ0) is 14.4. The van der Waals surface area contributed by atoms with Crippen molar-refractivity contribution >= 4 is 11.9 Å². The van der Waals surface area contributed by atoms with Crippen LogP contribution in [0.4, 0.5) is 0 Å². The molecule has 2 fully saturated rings. The molecule has 0 saturated carbocycles. The molecule has 0 radical (unpaired) electrons. The number of carboxylic acids is 1. The highest BCUT2D eigenvalue weighted by Crippen LogP contribution is 2.18. The molecule has 2 saturated heterocycles. The summed E-state index contributed by atoms with van der Waals surface area (Å²) in [6.45, 7) is 2.88. The number of carboxylic acid groups (broad SMARTS) is 1. The average molecular weight is 285 g/mol. The van der Waals surface area contributed by atoms with E-state index in [4.69, 9.17) is 14.6 Å². The highest BCUT2D eigenvalue weighted by atomic mass is 16.5. The Morgan fingerprint density at radius 1 is 1.25 bits per heavy atom. The summed E-state index contributed by atoms with van der Waals surface area (Å²) >= 11 is 0. The van der Waals surface area contributed by atoms with Gasteiger partial charge in [0.25, 0.3) is 0 Å². The van der Waals surface area contributed by atoms with Crippen molar-refractivity contribution in [3.8, 4) is 0 Å². The van der Waals surface area contributed by atoms with Crippen LogP contribution < -0.4 is 0 Å². The van der Waals surface area contributed by atoms with E-state index in [0.29, 0.717) is 45.6 Å². The third-order valence-corrected chi connectivity index (χ3v) is 3.98. The Bertz CT molecular complexity index is 332. The molecule has 2 aliphatic rings. The maximum Gasteiger partial charge on any atom is 0.306 e. The van der Waals surface area contributed by atoms with Crippen molar-refractivity contribution in [3.05, 3.63) is 0 Å². The van der Waals surface area contributed by atoms with E-state index < -0.39 is 5.97 Å². The molecule has 2 heterocycles. The first kappa shape index (κ1) is 15.3. The number of hydrogen-bond donors (Lipinski definition) is 1. The lowest BCUT2D eigenvalue weighted by Crippen LogP contribution is -2.40. The highest BCUT2D eigenvalue weighted by molar-refractivity contribution is 5.77. The Balaban J connectivity index is 1.57. The molecular weight excluding hydrogens is 262 g/mol. The first-order chi connectivity index (χ1) is 9.66. The summed E-state index contributed by atoms with van der Waals surface area (Å²) in [5, 5.41) is 8.90. The smallest absolute Gasteiger partial charge is 0.306 e. The van der Waals surface area contributed by atoms with Crippen molar-refractivity contribution in [2.24, 2.45) is 5.92 Å². The first-order valence-corrected chi connectivity index (χ1v) is 7.36. The van der Waals surface area contributed by atoms with Gasteiger partial charge in [0.2, 0.25) is 5.91 Å². The highest BCUT2D eigenvalue weighted by Gasteiger charge is 2.26. The van der Waals surface area contributed by atoms with Crippen molar-refractivity contribution in [3.63, 3.8) is 0 Å². The molecule has 0 aliphatic carbocycles. The maximum atomic E-state index is 11.9. The zero-order valence-corrected chi connectivity index (χ0v) is 11.8. The number of likely N-dealkylation sites (tertiary alicyclic amines) is 1. The normalized spacial score (nSPS) is 24.0. The number of carbonyl (C=O) groups excluding carboxylic acids is 1. The van der Waals surface area contributed by atoms with Crippen LogP contribution in [0.3, 0.4) is 0 Å². The monoisotopic (exact) mass is 285 g/mol. The molecule has 6 nitrogen and oxygen atoms in total. The van der Waals surface area contributed by atoms with E-state index >= 15 is 0 Å². The Kier molecular flexibility index (Phi) is 5.79. The van der Waals surface area contributed by atoms with Crippen LogP contribution in [0.15, 0.2) is 0 Å². The molecule has 1 N–H and O–H groups in total. The van der Waals surface area contributed by atoms with Crippen molar-refractivity contribution in [1.82, 2.24) is 4.90 Å². The maximum absolute atomic E-state index is 11.9. The van der Waals surface area contributed by atoms with E-state index in [1.54, 1.807) is 4.90 Å². The number of aliphatic carboxylic acids is 1. The summed E-state index contributed by atoms with van der Waals surface area (Å²) < 4.78 is 10.9. The van der Waals surface area contributed by atoms with Gasteiger partial charge in [-0.2, -0.15) is 0 Å². The number of nitrogens with zero attached hydrogens (tertiary/aromatic N) is 1. The van der Waals surface area contributed by atoms with Gasteiger partial charge < -0.3 is 19.5 Å². The fraction of sp³-hybridized carbons (Fsp3) is 0.857. The number of ether oxygens (including phenoxy) is 2. The van der Waals surface area contributed by atoms with Gasteiger partial charge in [0, 0.05) is 19.7 Å². The van der Waals surface area contributed by atoms with Gasteiger partial charge in [-0.05, 0) is 25.7 Å². The molecule has 2 rings (SSSR count). The minimum absolute atomic E-state index is 0.0566. The fourth-order valence-corrected chi connectivity index (χ4v) is 2.68. The van der Waals surface area contributed by atoms with Crippen LogP contribution in [0, 0.1) is 5.92 Å². The molecule has 0 unspecified atom stereocenters. The molecule has 6 heteroatoms. The van der Waals surface area contributed by atoms with E-state index in [-0.39, 0.29) is 17.9 Å². The van der Waals surface area contributed by atoms with Crippen LogP contribution in [0.5, 0.6) is 0 Å². The quantitative estimate of drug-likeness (QED) is 0.734. The molecule has 2 aliphatic heterocycles. The number of amides is 1. The van der Waals surface area contributed by atoms with Gasteiger partial charge in [-0.3, -0.25) is 9.59 Å². The van der Waals surface area contributed by atoms with E-state index in [1.165, 1.54) is 0 Å². The molecule has 0 aromatic heterocycles. The second-order valence-corrected chi connectivity index (χ2v) is 5.45. The Hall–Kier alpha value is -1.14. The SMILES string of the molecule is O=C(O)C1CCN(C(=O)CCOC[C@H]2CCCO2)CC1. The minimum Gasteiger partial charge on any atom is -0.481 e. The lowest BCUT2D eigenvalue weighted by Gasteiger charge is -2.30. The third kappa shape index (κ3) is 4.45. The van der Waals surface area contributed by atoms with Crippen molar-refractivity contribution in [2.75, 3.05) is 32.9 Å². The largest absolute Gasteiger partial charge is 0.481 e. The van der Waals surface area contributed by atoms with Crippen LogP contribution in [0.1, 0.15) is 32.1 Å². The summed E-state index contributed by atoms with van der Waals surface area (Å²) in [5.74, 6) is -0.993. The fourth-order valence-electron chi connectivity index (χ4n) is 2.68. The van der Waals surface area contributed by atoms with Gasteiger partial charge >= 0.3 is 5.97 Å². The van der Waals surface area contributed by atoms with Gasteiger partial charge in [0.1, 0.15) is 0 Å². The third-order valence-electron chi connectivity index (χ3n) is 3.98. The van der Waals surface area contributed by atoms with Crippen molar-refractivity contribution in [2.45, 2.75) is 38.2 Å². The molecule has 1 amide bonds. The van der Waals surface area contributed by atoms with E-state index in [1.807, 2.05) is 0 Å². The summed E-state index contributed by atoms with van der Waals surface area (Å²) in [5.41, 5.74) is 0. The van der Waals surface area contributed by atoms with Gasteiger partial charge in [-0.1, -0.05) is 0 Å². The molecule has 0 spiro atoms. The lowest BCUT2D eigenvalue weighted by atomic mass is 9.97. The standard InChI is InChI=1S/C14H23NO5/c16-13(5-9-19-10-12-2-1-8-20-12)15-6-3-11(4-7-15)14(17)18/h11-12H,1-10H2,(H,17,18)/t12-/m1/s1. The topological polar surface area (TPSA) is 76.1 Å². The van der Waals surface area contributed by atoms with Crippen LogP contribution in [0.2, 0.25) is 0 Å². The molecule has 20 heavy (non-hydrogen) atoms. The molecule has 1 atom stereocenters. The zero-order valence-electron chi connectivity index (χ0n) is 11.8. The number of carbonyl (C=O) groups is 2.